The Labute approximate surface area is 214 Å². The molecule has 0 saturated carbocycles. The van der Waals surface area contributed by atoms with Gasteiger partial charge in [0, 0.05) is 17.2 Å². The molecule has 1 heterocycles. The fraction of sp³-hybridized carbons (Fsp3) is 0.0800. The number of amides is 2. The quantitative estimate of drug-likeness (QED) is 0.127. The first-order chi connectivity index (χ1) is 17.2. The fourth-order valence-electron chi connectivity index (χ4n) is 3.30. The van der Waals surface area contributed by atoms with E-state index in [2.05, 4.69) is 0 Å². The van der Waals surface area contributed by atoms with Crippen LogP contribution in [0.2, 0.25) is 5.02 Å². The van der Waals surface area contributed by atoms with Gasteiger partial charge in [0.15, 0.2) is 11.5 Å². The highest BCUT2D eigenvalue weighted by Gasteiger charge is 2.35. The molecule has 0 radical (unpaired) electrons. The van der Waals surface area contributed by atoms with Gasteiger partial charge >= 0.3 is 5.97 Å². The van der Waals surface area contributed by atoms with Crippen molar-refractivity contribution < 1.29 is 28.8 Å². The van der Waals surface area contributed by atoms with Gasteiger partial charge in [-0.05, 0) is 65.4 Å². The summed E-state index contributed by atoms with van der Waals surface area (Å²) in [7, 11) is 1.41. The Morgan fingerprint density at radius 1 is 1.06 bits per heavy atom. The molecular weight excluding hydrogens is 508 g/mol. The van der Waals surface area contributed by atoms with Crippen LogP contribution in [-0.4, -0.2) is 34.0 Å². The average Bonchev–Trinajstić information content (AvgIpc) is 3.12. The molecule has 0 N–H and O–H groups in total. The second kappa shape index (κ2) is 10.6. The number of halogens is 1. The number of nitrogens with zero attached hydrogens (tertiary/aromatic N) is 2. The van der Waals surface area contributed by atoms with Crippen molar-refractivity contribution in [2.75, 3.05) is 7.11 Å². The van der Waals surface area contributed by atoms with E-state index in [1.807, 2.05) is 0 Å². The number of nitro groups is 1. The maximum atomic E-state index is 12.8. The minimum Gasteiger partial charge on any atom is -0.493 e. The molecule has 2 amide bonds. The zero-order valence-electron chi connectivity index (χ0n) is 18.7. The largest absolute Gasteiger partial charge is 0.493 e. The van der Waals surface area contributed by atoms with Crippen molar-refractivity contribution >= 4 is 52.2 Å². The smallest absolute Gasteiger partial charge is 0.343 e. The van der Waals surface area contributed by atoms with E-state index in [0.29, 0.717) is 21.7 Å². The van der Waals surface area contributed by atoms with Gasteiger partial charge in [0.1, 0.15) is 0 Å². The third-order valence-corrected chi connectivity index (χ3v) is 6.29. The van der Waals surface area contributed by atoms with E-state index in [1.165, 1.54) is 55.7 Å². The predicted octanol–water partition coefficient (Wildman–Crippen LogP) is 5.71. The Morgan fingerprint density at radius 3 is 2.39 bits per heavy atom. The summed E-state index contributed by atoms with van der Waals surface area (Å²) < 4.78 is 10.8. The highest BCUT2D eigenvalue weighted by molar-refractivity contribution is 8.18. The lowest BCUT2D eigenvalue weighted by atomic mass is 10.1. The zero-order valence-corrected chi connectivity index (χ0v) is 20.2. The third-order valence-electron chi connectivity index (χ3n) is 5.13. The Morgan fingerprint density at radius 2 is 1.75 bits per heavy atom. The summed E-state index contributed by atoms with van der Waals surface area (Å²) >= 11 is 6.63. The lowest BCUT2D eigenvalue weighted by Crippen LogP contribution is -2.27. The Balaban J connectivity index is 1.49. The van der Waals surface area contributed by atoms with E-state index in [-0.39, 0.29) is 28.6 Å². The topological polar surface area (TPSA) is 116 Å². The molecule has 182 valence electrons. The van der Waals surface area contributed by atoms with Crippen molar-refractivity contribution in [2.24, 2.45) is 0 Å². The van der Waals surface area contributed by atoms with E-state index in [0.717, 1.165) is 16.7 Å². The summed E-state index contributed by atoms with van der Waals surface area (Å²) in [6.07, 6.45) is 1.54. The average molecular weight is 525 g/mol. The molecule has 9 nitrogen and oxygen atoms in total. The predicted molar refractivity (Wildman–Crippen MR) is 134 cm³/mol. The zero-order chi connectivity index (χ0) is 25.8. The minimum atomic E-state index is -0.593. The number of ether oxygens (including phenoxy) is 2. The van der Waals surface area contributed by atoms with Crippen LogP contribution in [0.3, 0.4) is 0 Å². The third kappa shape index (κ3) is 5.56. The van der Waals surface area contributed by atoms with Crippen molar-refractivity contribution in [3.63, 3.8) is 0 Å². The van der Waals surface area contributed by atoms with Crippen molar-refractivity contribution in [1.82, 2.24) is 4.90 Å². The van der Waals surface area contributed by atoms with E-state index in [9.17, 15) is 24.5 Å². The molecule has 0 bridgehead atoms. The second-order valence-corrected chi connectivity index (χ2v) is 8.93. The number of rotatable bonds is 7. The first kappa shape index (κ1) is 25.0. The molecule has 0 aromatic heterocycles. The number of thioether (sulfide) groups is 1. The molecule has 0 aliphatic carbocycles. The number of carbonyl (C=O) groups excluding carboxylic acids is 3. The Hall–Kier alpha value is -4.15. The lowest BCUT2D eigenvalue weighted by molar-refractivity contribution is -0.384. The lowest BCUT2D eigenvalue weighted by Gasteiger charge is -2.12. The molecule has 0 spiro atoms. The minimum absolute atomic E-state index is 0.0110. The molecule has 1 saturated heterocycles. The number of nitro benzene ring substituents is 1. The normalized spacial score (nSPS) is 14.3. The SMILES string of the molecule is COc1cc(/C=C2\SC(=O)N(Cc3ccc([N+](=O)[O-])cc3)C2=O)ccc1OC(=O)c1ccc(Cl)cc1. The summed E-state index contributed by atoms with van der Waals surface area (Å²) in [5.74, 6) is -0.636. The molecule has 36 heavy (non-hydrogen) atoms. The van der Waals surface area contributed by atoms with E-state index < -0.39 is 22.0 Å². The van der Waals surface area contributed by atoms with Crippen molar-refractivity contribution in [3.8, 4) is 11.5 Å². The van der Waals surface area contributed by atoms with Gasteiger partial charge in [-0.15, -0.1) is 0 Å². The molecule has 1 aliphatic rings. The summed E-state index contributed by atoms with van der Waals surface area (Å²) in [5.41, 5.74) is 1.37. The Bertz CT molecular complexity index is 1390. The molecule has 1 aliphatic heterocycles. The van der Waals surface area contributed by atoms with Crippen LogP contribution in [0.15, 0.2) is 71.6 Å². The molecule has 0 unspecified atom stereocenters. The fourth-order valence-corrected chi connectivity index (χ4v) is 4.26. The highest BCUT2D eigenvalue weighted by Crippen LogP contribution is 2.35. The number of esters is 1. The number of non-ortho nitro benzene ring substituents is 1. The number of benzene rings is 3. The van der Waals surface area contributed by atoms with E-state index in [1.54, 1.807) is 24.3 Å². The van der Waals surface area contributed by atoms with E-state index in [4.69, 9.17) is 21.1 Å². The van der Waals surface area contributed by atoms with Crippen LogP contribution in [0.4, 0.5) is 10.5 Å². The van der Waals surface area contributed by atoms with Gasteiger partial charge < -0.3 is 9.47 Å². The second-order valence-electron chi connectivity index (χ2n) is 7.50. The van der Waals surface area contributed by atoms with Crippen molar-refractivity contribution in [2.45, 2.75) is 6.54 Å². The van der Waals surface area contributed by atoms with Crippen LogP contribution in [0.1, 0.15) is 21.5 Å². The van der Waals surface area contributed by atoms with Gasteiger partial charge in [0.2, 0.25) is 0 Å². The standard InChI is InChI=1S/C25H17ClN2O7S/c1-34-21-12-16(4-11-20(21)35-24(30)17-5-7-18(26)8-6-17)13-22-23(29)27(25(31)36-22)14-15-2-9-19(10-3-15)28(32)33/h2-13H,14H2,1H3/b22-13-. The van der Waals surface area contributed by atoms with Crippen LogP contribution in [0.5, 0.6) is 11.5 Å². The van der Waals surface area contributed by atoms with Gasteiger partial charge in [-0.25, -0.2) is 4.79 Å². The monoisotopic (exact) mass is 524 g/mol. The van der Waals surface area contributed by atoms with Crippen LogP contribution in [-0.2, 0) is 11.3 Å². The molecule has 1 fully saturated rings. The molecular formula is C25H17ClN2O7S. The van der Waals surface area contributed by atoms with Crippen LogP contribution in [0.25, 0.3) is 6.08 Å². The van der Waals surface area contributed by atoms with E-state index >= 15 is 0 Å². The molecule has 3 aromatic carbocycles. The number of hydrogen-bond donors (Lipinski definition) is 0. The highest BCUT2D eigenvalue weighted by atomic mass is 35.5. The molecule has 11 heteroatoms. The summed E-state index contributed by atoms with van der Waals surface area (Å²) in [6, 6.07) is 16.6. The van der Waals surface area contributed by atoms with Crippen molar-refractivity contribution in [3.05, 3.63) is 103 Å². The molecule has 4 rings (SSSR count). The van der Waals surface area contributed by atoms with Crippen molar-refractivity contribution in [1.29, 1.82) is 0 Å². The number of imide groups is 1. The summed E-state index contributed by atoms with van der Waals surface area (Å²) in [5, 5.41) is 10.8. The van der Waals surface area contributed by atoms with Crippen LogP contribution < -0.4 is 9.47 Å². The van der Waals surface area contributed by atoms with Gasteiger partial charge in [0.25, 0.3) is 16.8 Å². The summed E-state index contributed by atoms with van der Waals surface area (Å²) in [4.78, 5) is 49.3. The van der Waals surface area contributed by atoms with Gasteiger partial charge in [0.05, 0.1) is 29.0 Å². The first-order valence-electron chi connectivity index (χ1n) is 10.4. The van der Waals surface area contributed by atoms with Crippen LogP contribution in [0, 0.1) is 10.1 Å². The maximum Gasteiger partial charge on any atom is 0.343 e. The van der Waals surface area contributed by atoms with Crippen LogP contribution >= 0.6 is 23.4 Å². The number of methoxy groups -OCH3 is 1. The molecule has 0 atom stereocenters. The van der Waals surface area contributed by atoms with Gasteiger partial charge in [-0.1, -0.05) is 29.8 Å². The molecule has 3 aromatic rings. The maximum absolute atomic E-state index is 12.8. The number of carbonyl (C=O) groups is 3. The first-order valence-corrected chi connectivity index (χ1v) is 11.6. The summed E-state index contributed by atoms with van der Waals surface area (Å²) in [6.45, 7) is -0.0110. The Kier molecular flexibility index (Phi) is 7.37. The van der Waals surface area contributed by atoms with Gasteiger partial charge in [-0.2, -0.15) is 0 Å². The number of hydrogen-bond acceptors (Lipinski definition) is 8. The van der Waals surface area contributed by atoms with Gasteiger partial charge in [-0.3, -0.25) is 24.6 Å².